The van der Waals surface area contributed by atoms with Gasteiger partial charge in [0.2, 0.25) is 0 Å². The predicted molar refractivity (Wildman–Crippen MR) is 158 cm³/mol. The van der Waals surface area contributed by atoms with Gasteiger partial charge in [0.25, 0.3) is 0 Å². The molecule has 2 saturated heterocycles. The minimum Gasteiger partial charge on any atom is -0.487 e. The molecular weight excluding hydrogens is 532 g/mol. The fraction of sp³-hybridized carbons (Fsp3) is 0.424. The number of ether oxygens (including phenoxy) is 2. The van der Waals surface area contributed by atoms with Crippen LogP contribution in [0.2, 0.25) is 0 Å². The molecule has 2 aliphatic heterocycles. The van der Waals surface area contributed by atoms with Gasteiger partial charge >= 0.3 is 5.97 Å². The quantitative estimate of drug-likeness (QED) is 0.266. The van der Waals surface area contributed by atoms with Gasteiger partial charge in [-0.25, -0.2) is 9.78 Å². The van der Waals surface area contributed by atoms with Crippen LogP contribution in [0.15, 0.2) is 54.6 Å². The average Bonchev–Trinajstić information content (AvgIpc) is 3.31. The molecule has 220 valence electrons. The summed E-state index contributed by atoms with van der Waals surface area (Å²) in [6, 6.07) is 17.1. The molecule has 0 spiro atoms. The average molecular weight is 571 g/mol. The number of piperidine rings is 1. The van der Waals surface area contributed by atoms with Crippen molar-refractivity contribution in [2.24, 2.45) is 5.92 Å². The molecule has 0 amide bonds. The molecule has 6 rings (SSSR count). The highest BCUT2D eigenvalue weighted by Gasteiger charge is 2.25. The molecule has 0 radical (unpaired) electrons. The first-order valence-corrected chi connectivity index (χ1v) is 14.8. The lowest BCUT2D eigenvalue weighted by Crippen LogP contribution is -2.36. The summed E-state index contributed by atoms with van der Waals surface area (Å²) in [7, 11) is 0. The van der Waals surface area contributed by atoms with E-state index < -0.39 is 5.97 Å². The number of pyridine rings is 1. The Balaban J connectivity index is 1.06. The SMILES string of the molecule is Cc1ccc(OCc2cccc(CC3CCN(Cc4nc5ccc(C(=O)O)cc5n4CC4CCO4)CC3)n2)c(CO)c1. The first-order chi connectivity index (χ1) is 20.4. The fourth-order valence-electron chi connectivity index (χ4n) is 5.95. The Kier molecular flexibility index (Phi) is 8.51. The molecule has 42 heavy (non-hydrogen) atoms. The fourth-order valence-corrected chi connectivity index (χ4v) is 5.95. The Morgan fingerprint density at radius 1 is 1.05 bits per heavy atom. The predicted octanol–water partition coefficient (Wildman–Crippen LogP) is 4.75. The summed E-state index contributed by atoms with van der Waals surface area (Å²) in [5.74, 6) is 1.29. The lowest BCUT2D eigenvalue weighted by molar-refractivity contribution is -0.0592. The maximum Gasteiger partial charge on any atom is 0.335 e. The van der Waals surface area contributed by atoms with Crippen LogP contribution in [-0.4, -0.2) is 61.4 Å². The molecule has 2 aliphatic rings. The Bertz CT molecular complexity index is 1560. The number of imidazole rings is 1. The van der Waals surface area contributed by atoms with Crippen molar-refractivity contribution in [2.45, 2.75) is 65.0 Å². The molecule has 2 aromatic heterocycles. The van der Waals surface area contributed by atoms with Crippen LogP contribution in [0.25, 0.3) is 11.0 Å². The topological polar surface area (TPSA) is 110 Å². The van der Waals surface area contributed by atoms with Gasteiger partial charge in [0.1, 0.15) is 18.2 Å². The second-order valence-corrected chi connectivity index (χ2v) is 11.5. The van der Waals surface area contributed by atoms with Gasteiger partial charge in [-0.15, -0.1) is 0 Å². The maximum atomic E-state index is 11.6. The number of hydrogen-bond donors (Lipinski definition) is 2. The van der Waals surface area contributed by atoms with Crippen molar-refractivity contribution in [2.75, 3.05) is 19.7 Å². The largest absolute Gasteiger partial charge is 0.487 e. The second-order valence-electron chi connectivity index (χ2n) is 11.5. The molecule has 4 heterocycles. The van der Waals surface area contributed by atoms with Crippen molar-refractivity contribution in [1.29, 1.82) is 0 Å². The normalized spacial score (nSPS) is 17.8. The Hall–Kier alpha value is -3.79. The molecule has 0 aliphatic carbocycles. The summed E-state index contributed by atoms with van der Waals surface area (Å²) in [5, 5.41) is 19.2. The molecule has 1 unspecified atom stereocenters. The van der Waals surface area contributed by atoms with Crippen molar-refractivity contribution in [3.05, 3.63) is 88.5 Å². The lowest BCUT2D eigenvalue weighted by Gasteiger charge is -2.32. The Morgan fingerprint density at radius 2 is 1.86 bits per heavy atom. The van der Waals surface area contributed by atoms with E-state index in [1.165, 1.54) is 0 Å². The Morgan fingerprint density at radius 3 is 2.60 bits per heavy atom. The molecule has 9 nitrogen and oxygen atoms in total. The number of likely N-dealkylation sites (tertiary alicyclic amines) is 1. The smallest absolute Gasteiger partial charge is 0.335 e. The zero-order valence-corrected chi connectivity index (χ0v) is 24.0. The van der Waals surface area contributed by atoms with Crippen molar-refractivity contribution in [1.82, 2.24) is 19.4 Å². The number of aromatic nitrogens is 3. The molecule has 1 atom stereocenters. The van der Waals surface area contributed by atoms with Crippen molar-refractivity contribution >= 4 is 17.0 Å². The van der Waals surface area contributed by atoms with Gasteiger partial charge in [0.05, 0.1) is 48.1 Å². The minimum atomic E-state index is -0.928. The highest BCUT2D eigenvalue weighted by Crippen LogP contribution is 2.27. The van der Waals surface area contributed by atoms with Crippen LogP contribution in [-0.2, 0) is 37.5 Å². The number of hydrogen-bond acceptors (Lipinski definition) is 7. The van der Waals surface area contributed by atoms with Crippen LogP contribution in [0.5, 0.6) is 5.75 Å². The van der Waals surface area contributed by atoms with Crippen molar-refractivity contribution in [3.63, 3.8) is 0 Å². The van der Waals surface area contributed by atoms with E-state index in [9.17, 15) is 15.0 Å². The van der Waals surface area contributed by atoms with E-state index in [2.05, 4.69) is 15.5 Å². The number of aliphatic hydroxyl groups excluding tert-OH is 1. The van der Waals surface area contributed by atoms with Crippen LogP contribution in [0.3, 0.4) is 0 Å². The maximum absolute atomic E-state index is 11.6. The molecule has 2 aromatic carbocycles. The van der Waals surface area contributed by atoms with Gasteiger partial charge in [-0.3, -0.25) is 9.88 Å². The number of aromatic carboxylic acids is 1. The first-order valence-electron chi connectivity index (χ1n) is 14.8. The third kappa shape index (κ3) is 6.48. The summed E-state index contributed by atoms with van der Waals surface area (Å²) < 4.78 is 13.9. The number of benzene rings is 2. The third-order valence-electron chi connectivity index (χ3n) is 8.45. The molecule has 0 bridgehead atoms. The monoisotopic (exact) mass is 570 g/mol. The number of rotatable bonds is 11. The van der Waals surface area contributed by atoms with Gasteiger partial charge in [-0.2, -0.15) is 0 Å². The summed E-state index contributed by atoms with van der Waals surface area (Å²) in [5.41, 5.74) is 5.81. The van der Waals surface area contributed by atoms with Crippen molar-refractivity contribution in [3.8, 4) is 5.75 Å². The minimum absolute atomic E-state index is 0.0535. The number of carboxylic acid groups (broad SMARTS) is 1. The number of carbonyl (C=O) groups is 1. The van der Waals surface area contributed by atoms with Gasteiger partial charge in [0.15, 0.2) is 0 Å². The number of aliphatic hydroxyl groups is 1. The standard InChI is InChI=1S/C33H38N4O5/c1-22-5-8-31(25(15-22)20-38)42-21-27-4-2-3-26(34-27)16-23-9-12-36(13-10-23)19-32-35-29-7-6-24(33(39)40)17-30(29)37(32)18-28-11-14-41-28/h2-8,15,17,23,28,38H,9-14,16,18-21H2,1H3,(H,39,40). The van der Waals surface area contributed by atoms with Gasteiger partial charge in [0, 0.05) is 17.9 Å². The van der Waals surface area contributed by atoms with Crippen LogP contribution in [0, 0.1) is 12.8 Å². The van der Waals surface area contributed by atoms with Crippen LogP contribution in [0.1, 0.15) is 58.0 Å². The highest BCUT2D eigenvalue weighted by atomic mass is 16.5. The highest BCUT2D eigenvalue weighted by molar-refractivity contribution is 5.92. The molecule has 9 heteroatoms. The lowest BCUT2D eigenvalue weighted by atomic mass is 9.92. The van der Waals surface area contributed by atoms with E-state index in [4.69, 9.17) is 19.4 Å². The van der Waals surface area contributed by atoms with Gasteiger partial charge in [-0.05, 0) is 88.0 Å². The number of fused-ring (bicyclic) bond motifs is 1. The number of nitrogens with zero attached hydrogens (tertiary/aromatic N) is 4. The molecule has 4 aromatic rings. The van der Waals surface area contributed by atoms with E-state index in [-0.39, 0.29) is 18.3 Å². The Labute approximate surface area is 245 Å². The van der Waals surface area contributed by atoms with Crippen molar-refractivity contribution < 1.29 is 24.5 Å². The van der Waals surface area contributed by atoms with Crippen LogP contribution in [0.4, 0.5) is 0 Å². The van der Waals surface area contributed by atoms with E-state index in [1.54, 1.807) is 12.1 Å². The summed E-state index contributed by atoms with van der Waals surface area (Å²) in [6.07, 6.45) is 4.27. The van der Waals surface area contributed by atoms with Gasteiger partial charge in [-0.1, -0.05) is 23.8 Å². The van der Waals surface area contributed by atoms with Gasteiger partial charge < -0.3 is 24.3 Å². The molecule has 0 saturated carbocycles. The number of carboxylic acids is 1. The third-order valence-corrected chi connectivity index (χ3v) is 8.45. The van der Waals surface area contributed by atoms with Crippen LogP contribution >= 0.6 is 0 Å². The van der Waals surface area contributed by atoms with E-state index in [1.807, 2.05) is 43.3 Å². The van der Waals surface area contributed by atoms with E-state index >= 15 is 0 Å². The number of aryl methyl sites for hydroxylation is 1. The molecule has 2 fully saturated rings. The zero-order valence-electron chi connectivity index (χ0n) is 24.0. The van der Waals surface area contributed by atoms with E-state index in [0.29, 0.717) is 24.8 Å². The molecule has 2 N–H and O–H groups in total. The van der Waals surface area contributed by atoms with Crippen LogP contribution < -0.4 is 4.74 Å². The summed E-state index contributed by atoms with van der Waals surface area (Å²) >= 11 is 0. The summed E-state index contributed by atoms with van der Waals surface area (Å²) in [6.45, 7) is 6.48. The first kappa shape index (κ1) is 28.3. The zero-order chi connectivity index (χ0) is 29.1. The summed E-state index contributed by atoms with van der Waals surface area (Å²) in [4.78, 5) is 23.8. The second kappa shape index (κ2) is 12.6. The van der Waals surface area contributed by atoms with E-state index in [0.717, 1.165) is 91.3 Å². The molecular formula is C33H38N4O5.